The second-order valence-corrected chi connectivity index (χ2v) is 9.02. The molecule has 2 aromatic rings. The molecule has 31 heavy (non-hydrogen) atoms. The molecule has 0 spiro atoms. The number of hydrogen-bond acceptors (Lipinski definition) is 3. The predicted molar refractivity (Wildman–Crippen MR) is 115 cm³/mol. The summed E-state index contributed by atoms with van der Waals surface area (Å²) in [5, 5.41) is 14.8. The van der Waals surface area contributed by atoms with Gasteiger partial charge in [0.15, 0.2) is 0 Å². The van der Waals surface area contributed by atoms with Crippen LogP contribution in [0.3, 0.4) is 0 Å². The number of nitrogens with one attached hydrogen (secondary N) is 1. The summed E-state index contributed by atoms with van der Waals surface area (Å²) >= 11 is 0. The van der Waals surface area contributed by atoms with Gasteiger partial charge < -0.3 is 10.4 Å². The largest absolute Gasteiger partial charge is 0.481 e. The SMILES string of the molecule is O=C(O)C1CCN(Cc2ccc3cc(N[C@H]4CC[C@@H](C(F)(F)F)CC4)ccc3c2)CC1. The van der Waals surface area contributed by atoms with Gasteiger partial charge in [0.1, 0.15) is 0 Å². The Morgan fingerprint density at radius 3 is 2.26 bits per heavy atom. The lowest BCUT2D eigenvalue weighted by molar-refractivity contribution is -0.182. The van der Waals surface area contributed by atoms with E-state index in [1.54, 1.807) is 0 Å². The maximum absolute atomic E-state index is 12.9. The van der Waals surface area contributed by atoms with Gasteiger partial charge >= 0.3 is 12.1 Å². The quantitative estimate of drug-likeness (QED) is 0.637. The van der Waals surface area contributed by atoms with Gasteiger partial charge in [-0.15, -0.1) is 0 Å². The Balaban J connectivity index is 1.34. The molecule has 1 aliphatic carbocycles. The number of likely N-dealkylation sites (tertiary alicyclic amines) is 1. The molecule has 2 aromatic carbocycles. The molecule has 0 aromatic heterocycles. The molecule has 0 atom stereocenters. The number of fused-ring (bicyclic) bond motifs is 1. The molecule has 4 nitrogen and oxygen atoms in total. The number of piperidine rings is 1. The molecule has 1 aliphatic heterocycles. The van der Waals surface area contributed by atoms with E-state index in [9.17, 15) is 18.0 Å². The molecular formula is C24H29F3N2O2. The standard InChI is InChI=1S/C24H29F3N2O2/c25-24(26,27)20-4-7-21(8-5-20)28-22-6-3-18-13-16(1-2-19(18)14-22)15-29-11-9-17(10-12-29)23(30)31/h1-3,6,13-14,17,20-21,28H,4-5,7-12,15H2,(H,30,31)/t20-,21+. The first-order valence-corrected chi connectivity index (χ1v) is 11.1. The topological polar surface area (TPSA) is 52.6 Å². The van der Waals surface area contributed by atoms with Crippen molar-refractivity contribution < 1.29 is 23.1 Å². The minimum absolute atomic E-state index is 0.0871. The monoisotopic (exact) mass is 434 g/mol. The molecule has 0 radical (unpaired) electrons. The third-order valence-corrected chi connectivity index (χ3v) is 6.81. The van der Waals surface area contributed by atoms with Crippen molar-refractivity contribution in [1.82, 2.24) is 4.90 Å². The van der Waals surface area contributed by atoms with Gasteiger partial charge in [-0.1, -0.05) is 18.2 Å². The van der Waals surface area contributed by atoms with E-state index in [0.717, 1.165) is 36.1 Å². The second-order valence-electron chi connectivity index (χ2n) is 9.02. The van der Waals surface area contributed by atoms with Gasteiger partial charge in [0.2, 0.25) is 0 Å². The number of halogens is 3. The van der Waals surface area contributed by atoms with E-state index < -0.39 is 18.1 Å². The Morgan fingerprint density at radius 2 is 1.61 bits per heavy atom. The van der Waals surface area contributed by atoms with Crippen molar-refractivity contribution in [1.29, 1.82) is 0 Å². The van der Waals surface area contributed by atoms with E-state index >= 15 is 0 Å². The maximum Gasteiger partial charge on any atom is 0.391 e. The lowest BCUT2D eigenvalue weighted by atomic mass is 9.85. The van der Waals surface area contributed by atoms with E-state index in [-0.39, 0.29) is 24.8 Å². The van der Waals surface area contributed by atoms with Gasteiger partial charge in [0.05, 0.1) is 11.8 Å². The molecule has 0 amide bonds. The minimum atomic E-state index is -4.07. The lowest BCUT2D eigenvalue weighted by Gasteiger charge is -2.31. The van der Waals surface area contributed by atoms with Crippen LogP contribution in [0.25, 0.3) is 10.8 Å². The summed E-state index contributed by atoms with van der Waals surface area (Å²) in [5.41, 5.74) is 2.15. The van der Waals surface area contributed by atoms with Crippen molar-refractivity contribution in [3.8, 4) is 0 Å². The molecule has 2 N–H and O–H groups in total. The van der Waals surface area contributed by atoms with Crippen LogP contribution in [0.15, 0.2) is 36.4 Å². The fraction of sp³-hybridized carbons (Fsp3) is 0.542. The lowest BCUT2D eigenvalue weighted by Crippen LogP contribution is -2.35. The Bertz CT molecular complexity index is 915. The van der Waals surface area contributed by atoms with E-state index in [0.29, 0.717) is 25.7 Å². The molecule has 2 fully saturated rings. The van der Waals surface area contributed by atoms with Crippen LogP contribution < -0.4 is 5.32 Å². The number of nitrogens with zero attached hydrogens (tertiary/aromatic N) is 1. The minimum Gasteiger partial charge on any atom is -0.481 e. The van der Waals surface area contributed by atoms with E-state index in [2.05, 4.69) is 40.5 Å². The van der Waals surface area contributed by atoms with Gasteiger partial charge in [0.25, 0.3) is 0 Å². The summed E-state index contributed by atoms with van der Waals surface area (Å²) < 4.78 is 38.6. The van der Waals surface area contributed by atoms with Crippen molar-refractivity contribution in [3.05, 3.63) is 42.0 Å². The highest BCUT2D eigenvalue weighted by molar-refractivity contribution is 5.86. The first-order valence-electron chi connectivity index (χ1n) is 11.1. The molecule has 0 unspecified atom stereocenters. The highest BCUT2D eigenvalue weighted by Crippen LogP contribution is 2.38. The number of alkyl halides is 3. The third kappa shape index (κ3) is 5.50. The molecule has 7 heteroatoms. The zero-order valence-corrected chi connectivity index (χ0v) is 17.5. The predicted octanol–water partition coefficient (Wildman–Crippen LogP) is 5.67. The van der Waals surface area contributed by atoms with E-state index in [1.807, 2.05) is 6.07 Å². The average Bonchev–Trinajstić information content (AvgIpc) is 2.74. The molecule has 1 saturated carbocycles. The second kappa shape index (κ2) is 9.07. The van der Waals surface area contributed by atoms with Gasteiger partial charge in [-0.25, -0.2) is 0 Å². The highest BCUT2D eigenvalue weighted by Gasteiger charge is 2.41. The zero-order chi connectivity index (χ0) is 22.0. The fourth-order valence-corrected chi connectivity index (χ4v) is 4.88. The molecular weight excluding hydrogens is 405 g/mol. The summed E-state index contributed by atoms with van der Waals surface area (Å²) in [6.07, 6.45) is -1.20. The van der Waals surface area contributed by atoms with Crippen molar-refractivity contribution in [2.75, 3.05) is 18.4 Å². The molecule has 2 aliphatic rings. The van der Waals surface area contributed by atoms with E-state index in [4.69, 9.17) is 5.11 Å². The molecule has 4 rings (SSSR count). The molecule has 1 saturated heterocycles. The molecule has 168 valence electrons. The van der Waals surface area contributed by atoms with Crippen molar-refractivity contribution in [2.45, 2.75) is 57.3 Å². The zero-order valence-electron chi connectivity index (χ0n) is 17.5. The van der Waals surface area contributed by atoms with Gasteiger partial charge in [-0.05, 0) is 86.1 Å². The number of hydrogen-bond donors (Lipinski definition) is 2. The van der Waals surface area contributed by atoms with Crippen LogP contribution in [0.2, 0.25) is 0 Å². The first kappa shape index (κ1) is 21.9. The van der Waals surface area contributed by atoms with Crippen molar-refractivity contribution in [3.63, 3.8) is 0 Å². The van der Waals surface area contributed by atoms with Crippen LogP contribution in [-0.2, 0) is 11.3 Å². The Labute approximate surface area is 180 Å². The number of anilines is 1. The number of carbonyl (C=O) groups is 1. The van der Waals surface area contributed by atoms with Crippen LogP contribution in [0, 0.1) is 11.8 Å². The average molecular weight is 435 g/mol. The number of carboxylic acid groups (broad SMARTS) is 1. The fourth-order valence-electron chi connectivity index (χ4n) is 4.88. The number of rotatable bonds is 5. The number of benzene rings is 2. The van der Waals surface area contributed by atoms with Crippen LogP contribution in [0.4, 0.5) is 18.9 Å². The Hall–Kier alpha value is -2.28. The number of carboxylic acids is 1. The van der Waals surface area contributed by atoms with Gasteiger partial charge in [-0.3, -0.25) is 9.69 Å². The summed E-state index contributed by atoms with van der Waals surface area (Å²) in [5.74, 6) is -2.07. The highest BCUT2D eigenvalue weighted by atomic mass is 19.4. The smallest absolute Gasteiger partial charge is 0.391 e. The van der Waals surface area contributed by atoms with Crippen LogP contribution in [-0.4, -0.2) is 41.3 Å². The Kier molecular flexibility index (Phi) is 6.42. The van der Waals surface area contributed by atoms with Crippen LogP contribution in [0.1, 0.15) is 44.1 Å². The summed E-state index contributed by atoms with van der Waals surface area (Å²) in [7, 11) is 0. The summed E-state index contributed by atoms with van der Waals surface area (Å²) in [6, 6.07) is 12.6. The Morgan fingerprint density at radius 1 is 0.968 bits per heavy atom. The third-order valence-electron chi connectivity index (χ3n) is 6.81. The molecule has 1 heterocycles. The normalized spacial score (nSPS) is 23.7. The van der Waals surface area contributed by atoms with Crippen LogP contribution >= 0.6 is 0 Å². The summed E-state index contributed by atoms with van der Waals surface area (Å²) in [6.45, 7) is 2.41. The molecule has 0 bridgehead atoms. The summed E-state index contributed by atoms with van der Waals surface area (Å²) in [4.78, 5) is 13.4. The van der Waals surface area contributed by atoms with Crippen LogP contribution in [0.5, 0.6) is 0 Å². The van der Waals surface area contributed by atoms with Crippen molar-refractivity contribution >= 4 is 22.4 Å². The van der Waals surface area contributed by atoms with Gasteiger partial charge in [0, 0.05) is 18.3 Å². The first-order chi connectivity index (χ1) is 14.8. The van der Waals surface area contributed by atoms with Gasteiger partial charge in [-0.2, -0.15) is 13.2 Å². The van der Waals surface area contributed by atoms with Crippen molar-refractivity contribution in [2.24, 2.45) is 11.8 Å². The number of aliphatic carboxylic acids is 1. The maximum atomic E-state index is 12.9. The van der Waals surface area contributed by atoms with E-state index in [1.165, 1.54) is 5.56 Å².